The number of carboxylic acid groups (broad SMARTS) is 1. The highest BCUT2D eigenvalue weighted by Crippen LogP contribution is 2.32. The molecule has 1 N–H and O–H groups in total. The maximum Gasteiger partial charge on any atom is 0.352 e. The second-order valence-corrected chi connectivity index (χ2v) is 5.43. The van der Waals surface area contributed by atoms with Gasteiger partial charge >= 0.3 is 5.97 Å². The number of anilines is 1. The van der Waals surface area contributed by atoms with Gasteiger partial charge in [-0.25, -0.2) is 9.78 Å². The number of pyridine rings is 1. The van der Waals surface area contributed by atoms with Crippen molar-refractivity contribution in [2.45, 2.75) is 0 Å². The first-order chi connectivity index (χ1) is 11.0. The molecular formula is C17H17N3O3. The lowest BCUT2D eigenvalue weighted by Gasteiger charge is -2.13. The van der Waals surface area contributed by atoms with Gasteiger partial charge in [0.25, 0.3) is 0 Å². The highest BCUT2D eigenvalue weighted by molar-refractivity contribution is 5.96. The number of ether oxygens (including phenoxy) is 1. The zero-order chi connectivity index (χ0) is 16.6. The number of aryl methyl sites for hydroxylation is 1. The maximum absolute atomic E-state index is 11.3. The number of aromatic carboxylic acids is 1. The Kier molecular flexibility index (Phi) is 3.65. The van der Waals surface area contributed by atoms with Crippen molar-refractivity contribution >= 4 is 22.7 Å². The van der Waals surface area contributed by atoms with E-state index in [1.165, 1.54) is 0 Å². The first kappa shape index (κ1) is 14.9. The summed E-state index contributed by atoms with van der Waals surface area (Å²) >= 11 is 0. The average Bonchev–Trinajstić information content (AvgIpc) is 2.86. The smallest absolute Gasteiger partial charge is 0.352 e. The Morgan fingerprint density at radius 2 is 2.04 bits per heavy atom. The molecule has 118 valence electrons. The van der Waals surface area contributed by atoms with Crippen molar-refractivity contribution in [1.29, 1.82) is 0 Å². The summed E-state index contributed by atoms with van der Waals surface area (Å²) in [5, 5.41) is 10.1. The van der Waals surface area contributed by atoms with Crippen molar-refractivity contribution in [2.75, 3.05) is 19.0 Å². The van der Waals surface area contributed by atoms with Gasteiger partial charge in [-0.1, -0.05) is 12.1 Å². The largest absolute Gasteiger partial charge is 0.477 e. The molecule has 2 aromatic heterocycles. The van der Waals surface area contributed by atoms with Crippen LogP contribution in [0.25, 0.3) is 10.9 Å². The molecule has 0 fully saturated rings. The van der Waals surface area contributed by atoms with E-state index in [2.05, 4.69) is 4.98 Å². The van der Waals surface area contributed by atoms with E-state index in [0.717, 1.165) is 16.7 Å². The molecule has 0 aliphatic heterocycles. The minimum atomic E-state index is -0.964. The second kappa shape index (κ2) is 5.64. The Bertz CT molecular complexity index is 884. The van der Waals surface area contributed by atoms with Crippen LogP contribution in [0.5, 0.6) is 11.5 Å². The van der Waals surface area contributed by atoms with Crippen LogP contribution in [0.2, 0.25) is 0 Å². The van der Waals surface area contributed by atoms with E-state index < -0.39 is 5.97 Å². The lowest BCUT2D eigenvalue weighted by atomic mass is 10.2. The van der Waals surface area contributed by atoms with Crippen molar-refractivity contribution in [2.24, 2.45) is 7.05 Å². The molecule has 23 heavy (non-hydrogen) atoms. The average molecular weight is 311 g/mol. The lowest BCUT2D eigenvalue weighted by molar-refractivity contribution is 0.0687. The fourth-order valence-electron chi connectivity index (χ4n) is 2.50. The molecule has 3 aromatic rings. The monoisotopic (exact) mass is 311 g/mol. The molecule has 6 heteroatoms. The van der Waals surface area contributed by atoms with Crippen LogP contribution in [0.3, 0.4) is 0 Å². The topological polar surface area (TPSA) is 67.6 Å². The predicted molar refractivity (Wildman–Crippen MR) is 88.5 cm³/mol. The van der Waals surface area contributed by atoms with Gasteiger partial charge in [0, 0.05) is 38.8 Å². The standard InChI is InChI=1S/C17H17N3O3/c1-19(2)15-10-12(7-8-18-15)23-14-6-4-5-11-9-13(17(21)22)20(3)16(11)14/h4-10H,1-3H3,(H,21,22). The number of rotatable bonds is 4. The fraction of sp³-hybridized carbons (Fsp3) is 0.176. The third kappa shape index (κ3) is 2.70. The molecule has 0 saturated heterocycles. The minimum absolute atomic E-state index is 0.222. The van der Waals surface area contributed by atoms with Crippen LogP contribution in [0, 0.1) is 0 Å². The zero-order valence-corrected chi connectivity index (χ0v) is 13.1. The number of carbonyl (C=O) groups is 1. The third-order valence-electron chi connectivity index (χ3n) is 3.64. The van der Waals surface area contributed by atoms with Crippen molar-refractivity contribution in [3.05, 3.63) is 48.3 Å². The van der Waals surface area contributed by atoms with Gasteiger partial charge in [0.1, 0.15) is 17.3 Å². The van der Waals surface area contributed by atoms with Gasteiger partial charge < -0.3 is 19.3 Å². The highest BCUT2D eigenvalue weighted by atomic mass is 16.5. The molecule has 0 bridgehead atoms. The van der Waals surface area contributed by atoms with Crippen LogP contribution in [0.15, 0.2) is 42.6 Å². The summed E-state index contributed by atoms with van der Waals surface area (Å²) in [5.41, 5.74) is 0.966. The van der Waals surface area contributed by atoms with Crippen molar-refractivity contribution in [1.82, 2.24) is 9.55 Å². The van der Waals surface area contributed by atoms with Gasteiger partial charge in [-0.05, 0) is 18.2 Å². The molecule has 0 radical (unpaired) electrons. The summed E-state index contributed by atoms with van der Waals surface area (Å²) in [5.74, 6) is 1.07. The van der Waals surface area contributed by atoms with E-state index in [-0.39, 0.29) is 5.69 Å². The number of hydrogen-bond donors (Lipinski definition) is 1. The van der Waals surface area contributed by atoms with E-state index in [0.29, 0.717) is 11.5 Å². The van der Waals surface area contributed by atoms with E-state index in [9.17, 15) is 9.90 Å². The Hall–Kier alpha value is -3.02. The summed E-state index contributed by atoms with van der Waals surface area (Å²) in [7, 11) is 5.53. The van der Waals surface area contributed by atoms with Gasteiger partial charge in [-0.3, -0.25) is 0 Å². The molecule has 0 amide bonds. The maximum atomic E-state index is 11.3. The van der Waals surface area contributed by atoms with Gasteiger partial charge in [0.15, 0.2) is 5.75 Å². The van der Waals surface area contributed by atoms with E-state index in [4.69, 9.17) is 4.74 Å². The lowest BCUT2D eigenvalue weighted by Crippen LogP contribution is -2.10. The number of carboxylic acids is 1. The number of benzene rings is 1. The number of hydrogen-bond acceptors (Lipinski definition) is 4. The molecule has 2 heterocycles. The van der Waals surface area contributed by atoms with Crippen molar-refractivity contribution < 1.29 is 14.6 Å². The van der Waals surface area contributed by atoms with Crippen LogP contribution in [-0.4, -0.2) is 34.7 Å². The predicted octanol–water partition coefficient (Wildman–Crippen LogP) is 3.13. The molecule has 0 saturated carbocycles. The third-order valence-corrected chi connectivity index (χ3v) is 3.64. The SMILES string of the molecule is CN(C)c1cc(Oc2cccc3cc(C(=O)O)n(C)c23)ccn1. The molecule has 0 aliphatic rings. The minimum Gasteiger partial charge on any atom is -0.477 e. The number of nitrogens with zero attached hydrogens (tertiary/aromatic N) is 3. The van der Waals surface area contributed by atoms with Gasteiger partial charge in [0.05, 0.1) is 5.52 Å². The van der Waals surface area contributed by atoms with E-state index in [1.807, 2.05) is 43.3 Å². The Morgan fingerprint density at radius 1 is 1.26 bits per heavy atom. The summed E-state index contributed by atoms with van der Waals surface area (Å²) in [6, 6.07) is 10.8. The van der Waals surface area contributed by atoms with Crippen LogP contribution < -0.4 is 9.64 Å². The van der Waals surface area contributed by atoms with Gasteiger partial charge in [-0.15, -0.1) is 0 Å². The zero-order valence-electron chi connectivity index (χ0n) is 13.1. The summed E-state index contributed by atoms with van der Waals surface area (Å²) in [4.78, 5) is 17.4. The molecular weight excluding hydrogens is 294 g/mol. The van der Waals surface area contributed by atoms with E-state index >= 15 is 0 Å². The molecule has 6 nitrogen and oxygen atoms in total. The van der Waals surface area contributed by atoms with Crippen molar-refractivity contribution in [3.8, 4) is 11.5 Å². The number of aromatic nitrogens is 2. The van der Waals surface area contributed by atoms with Crippen LogP contribution in [-0.2, 0) is 7.05 Å². The summed E-state index contributed by atoms with van der Waals surface area (Å²) in [6.45, 7) is 0. The van der Waals surface area contributed by atoms with Crippen LogP contribution in [0.4, 0.5) is 5.82 Å². The van der Waals surface area contributed by atoms with E-state index in [1.54, 1.807) is 29.9 Å². The summed E-state index contributed by atoms with van der Waals surface area (Å²) in [6.07, 6.45) is 1.68. The molecule has 0 unspecified atom stereocenters. The number of fused-ring (bicyclic) bond motifs is 1. The molecule has 3 rings (SSSR count). The Labute approximate surface area is 133 Å². The fourth-order valence-corrected chi connectivity index (χ4v) is 2.50. The molecule has 0 aliphatic carbocycles. The van der Waals surface area contributed by atoms with Gasteiger partial charge in [-0.2, -0.15) is 0 Å². The van der Waals surface area contributed by atoms with Crippen LogP contribution >= 0.6 is 0 Å². The molecule has 0 atom stereocenters. The quantitative estimate of drug-likeness (QED) is 0.802. The Balaban J connectivity index is 2.07. The number of para-hydroxylation sites is 1. The summed E-state index contributed by atoms with van der Waals surface area (Å²) < 4.78 is 7.60. The first-order valence-corrected chi connectivity index (χ1v) is 7.10. The van der Waals surface area contributed by atoms with Crippen LogP contribution in [0.1, 0.15) is 10.5 Å². The normalized spacial score (nSPS) is 10.7. The molecule has 1 aromatic carbocycles. The Morgan fingerprint density at radius 3 is 2.74 bits per heavy atom. The first-order valence-electron chi connectivity index (χ1n) is 7.10. The molecule has 0 spiro atoms. The second-order valence-electron chi connectivity index (χ2n) is 5.43. The van der Waals surface area contributed by atoms with Gasteiger partial charge in [0.2, 0.25) is 0 Å². The van der Waals surface area contributed by atoms with Crippen molar-refractivity contribution in [3.63, 3.8) is 0 Å². The highest BCUT2D eigenvalue weighted by Gasteiger charge is 2.15.